The average Bonchev–Trinajstić information content (AvgIpc) is 2.91. The number of hydrogen-bond acceptors (Lipinski definition) is 3. The van der Waals surface area contributed by atoms with Crippen LogP contribution in [0.2, 0.25) is 0 Å². The van der Waals surface area contributed by atoms with Gasteiger partial charge in [0.2, 0.25) is 5.82 Å². The topological polar surface area (TPSA) is 72.2 Å². The number of piperidine rings is 1. The average molecular weight is 375 g/mol. The molecule has 1 aromatic heterocycles. The maximum absolute atomic E-state index is 12.9. The highest BCUT2D eigenvalue weighted by molar-refractivity contribution is 5.74. The molecule has 26 heavy (non-hydrogen) atoms. The first-order chi connectivity index (χ1) is 12.3. The van der Waals surface area contributed by atoms with Crippen LogP contribution in [0, 0.1) is 0 Å². The van der Waals surface area contributed by atoms with Gasteiger partial charge in [-0.1, -0.05) is 19.3 Å². The molecule has 1 aliphatic heterocycles. The van der Waals surface area contributed by atoms with Gasteiger partial charge < -0.3 is 10.2 Å². The molecule has 0 spiro atoms. The van der Waals surface area contributed by atoms with Crippen molar-refractivity contribution in [2.24, 2.45) is 7.05 Å². The van der Waals surface area contributed by atoms with E-state index in [4.69, 9.17) is 0 Å². The number of halogens is 3. The number of aromatic nitrogens is 3. The van der Waals surface area contributed by atoms with Crippen LogP contribution in [-0.4, -0.2) is 44.4 Å². The molecule has 0 aromatic carbocycles. The molecule has 7 nitrogen and oxygen atoms in total. The molecule has 0 atom stereocenters. The van der Waals surface area contributed by atoms with Crippen LogP contribution in [0.1, 0.15) is 56.8 Å². The molecule has 1 aromatic rings. The van der Waals surface area contributed by atoms with Crippen molar-refractivity contribution >= 4 is 6.03 Å². The third-order valence-electron chi connectivity index (χ3n) is 5.29. The van der Waals surface area contributed by atoms with E-state index in [9.17, 15) is 22.8 Å². The van der Waals surface area contributed by atoms with Crippen molar-refractivity contribution in [1.82, 2.24) is 24.6 Å². The second-order valence-electron chi connectivity index (χ2n) is 7.11. The number of nitrogens with zero attached hydrogens (tertiary/aromatic N) is 4. The Balaban J connectivity index is 1.60. The van der Waals surface area contributed by atoms with Gasteiger partial charge in [-0.2, -0.15) is 13.2 Å². The van der Waals surface area contributed by atoms with Crippen molar-refractivity contribution in [2.45, 2.75) is 63.2 Å². The highest BCUT2D eigenvalue weighted by Crippen LogP contribution is 2.28. The molecule has 1 saturated carbocycles. The molecule has 3 rings (SSSR count). The van der Waals surface area contributed by atoms with Crippen LogP contribution >= 0.6 is 0 Å². The molecule has 2 amide bonds. The predicted octanol–water partition coefficient (Wildman–Crippen LogP) is 2.28. The van der Waals surface area contributed by atoms with Crippen molar-refractivity contribution in [1.29, 1.82) is 0 Å². The molecule has 2 fully saturated rings. The summed E-state index contributed by atoms with van der Waals surface area (Å²) in [5.74, 6) is -1.19. The molecule has 0 bridgehead atoms. The minimum atomic E-state index is -4.67. The van der Waals surface area contributed by atoms with E-state index < -0.39 is 23.7 Å². The lowest BCUT2D eigenvalue weighted by molar-refractivity contribution is -0.147. The quantitative estimate of drug-likeness (QED) is 0.862. The van der Waals surface area contributed by atoms with Crippen molar-refractivity contribution in [3.8, 4) is 0 Å². The minimum Gasteiger partial charge on any atom is -0.335 e. The largest absolute Gasteiger partial charge is 0.451 e. The zero-order valence-corrected chi connectivity index (χ0v) is 14.8. The van der Waals surface area contributed by atoms with Gasteiger partial charge in [-0.15, -0.1) is 5.10 Å². The first-order valence-electron chi connectivity index (χ1n) is 9.05. The lowest BCUT2D eigenvalue weighted by Gasteiger charge is -2.33. The molecule has 1 aliphatic carbocycles. The van der Waals surface area contributed by atoms with Gasteiger partial charge in [0.05, 0.1) is 6.04 Å². The number of alkyl halides is 3. The van der Waals surface area contributed by atoms with Crippen LogP contribution in [0.3, 0.4) is 0 Å². The Bertz CT molecular complexity index is 698. The Labute approximate surface area is 149 Å². The number of carbonyl (C=O) groups excluding carboxylic acids is 1. The molecule has 146 valence electrons. The van der Waals surface area contributed by atoms with Crippen LogP contribution < -0.4 is 11.0 Å². The summed E-state index contributed by atoms with van der Waals surface area (Å²) in [5, 5.41) is 6.53. The normalized spacial score (nSPS) is 20.4. The van der Waals surface area contributed by atoms with E-state index in [0.717, 1.165) is 37.4 Å². The Morgan fingerprint density at radius 3 is 2.27 bits per heavy atom. The van der Waals surface area contributed by atoms with Crippen molar-refractivity contribution in [2.75, 3.05) is 13.1 Å². The van der Waals surface area contributed by atoms with E-state index in [1.165, 1.54) is 6.42 Å². The number of likely N-dealkylation sites (tertiary alicyclic amines) is 1. The monoisotopic (exact) mass is 375 g/mol. The summed E-state index contributed by atoms with van der Waals surface area (Å²) in [6.45, 7) is 0.793. The van der Waals surface area contributed by atoms with Crippen LogP contribution in [-0.2, 0) is 13.2 Å². The van der Waals surface area contributed by atoms with Gasteiger partial charge >= 0.3 is 17.9 Å². The number of urea groups is 1. The van der Waals surface area contributed by atoms with Crippen molar-refractivity contribution < 1.29 is 18.0 Å². The summed E-state index contributed by atoms with van der Waals surface area (Å²) in [6.07, 6.45) is 1.58. The molecule has 0 unspecified atom stereocenters. The van der Waals surface area contributed by atoms with E-state index in [-0.39, 0.29) is 12.1 Å². The first-order valence-corrected chi connectivity index (χ1v) is 9.05. The fourth-order valence-electron chi connectivity index (χ4n) is 3.77. The highest BCUT2D eigenvalue weighted by atomic mass is 19.4. The lowest BCUT2D eigenvalue weighted by atomic mass is 9.95. The van der Waals surface area contributed by atoms with Gasteiger partial charge in [-0.05, 0) is 25.7 Å². The van der Waals surface area contributed by atoms with E-state index in [1.54, 1.807) is 4.90 Å². The zero-order valence-electron chi connectivity index (χ0n) is 14.8. The summed E-state index contributed by atoms with van der Waals surface area (Å²) in [6, 6.07) is -0.343. The highest BCUT2D eigenvalue weighted by Gasteiger charge is 2.39. The Kier molecular flexibility index (Phi) is 5.29. The van der Waals surface area contributed by atoms with Gasteiger partial charge in [-0.25, -0.2) is 14.3 Å². The molecular weight excluding hydrogens is 351 g/mol. The molecular formula is C16H24F3N5O2. The summed E-state index contributed by atoms with van der Waals surface area (Å²) in [4.78, 5) is 26.1. The van der Waals surface area contributed by atoms with E-state index in [1.807, 2.05) is 0 Å². The molecule has 0 radical (unpaired) electrons. The van der Waals surface area contributed by atoms with Crippen LogP contribution in [0.15, 0.2) is 4.79 Å². The summed E-state index contributed by atoms with van der Waals surface area (Å²) in [5.41, 5.74) is -0.776. The fourth-order valence-corrected chi connectivity index (χ4v) is 3.77. The maximum atomic E-state index is 12.9. The first kappa shape index (κ1) is 18.8. The van der Waals surface area contributed by atoms with Crippen molar-refractivity contribution in [3.05, 3.63) is 16.3 Å². The van der Waals surface area contributed by atoms with Crippen LogP contribution in [0.4, 0.5) is 18.0 Å². The third-order valence-corrected chi connectivity index (χ3v) is 5.29. The predicted molar refractivity (Wildman–Crippen MR) is 87.7 cm³/mol. The van der Waals surface area contributed by atoms with Gasteiger partial charge in [0.25, 0.3) is 0 Å². The number of carbonyl (C=O) groups is 1. The smallest absolute Gasteiger partial charge is 0.335 e. The second kappa shape index (κ2) is 7.32. The molecule has 1 saturated heterocycles. The number of nitrogens with one attached hydrogen (secondary N) is 1. The Morgan fingerprint density at radius 1 is 1.12 bits per heavy atom. The zero-order chi connectivity index (χ0) is 18.9. The van der Waals surface area contributed by atoms with Gasteiger partial charge in [0.1, 0.15) is 0 Å². The van der Waals surface area contributed by atoms with Crippen molar-refractivity contribution in [3.63, 3.8) is 0 Å². The molecule has 1 N–H and O–H groups in total. The number of amides is 2. The number of rotatable bonds is 2. The second-order valence-corrected chi connectivity index (χ2v) is 7.11. The van der Waals surface area contributed by atoms with Gasteiger partial charge in [0.15, 0.2) is 0 Å². The summed E-state index contributed by atoms with van der Waals surface area (Å²) >= 11 is 0. The van der Waals surface area contributed by atoms with Crippen LogP contribution in [0.25, 0.3) is 0 Å². The third kappa shape index (κ3) is 3.88. The van der Waals surface area contributed by atoms with Gasteiger partial charge in [-0.3, -0.25) is 4.57 Å². The lowest BCUT2D eigenvalue weighted by Crippen LogP contribution is -2.49. The van der Waals surface area contributed by atoms with E-state index in [0.29, 0.717) is 30.5 Å². The molecule has 2 aliphatic rings. The van der Waals surface area contributed by atoms with Crippen LogP contribution in [0.5, 0.6) is 0 Å². The molecule has 10 heteroatoms. The minimum absolute atomic E-state index is 0.125. The SMILES string of the molecule is Cn1c(C(F)(F)F)nn(C2CCN(C(=O)NC3CCCCC3)CC2)c1=O. The molecule has 2 heterocycles. The standard InChI is InChI=1S/C16H24F3N5O2/c1-22-13(16(17,18)19)21-24(15(22)26)12-7-9-23(10-8-12)14(25)20-11-5-3-2-4-6-11/h11-12H,2-10H2,1H3,(H,20,25). The van der Waals surface area contributed by atoms with E-state index >= 15 is 0 Å². The number of hydrogen-bond donors (Lipinski definition) is 1. The summed E-state index contributed by atoms with van der Waals surface area (Å²) in [7, 11) is 1.07. The maximum Gasteiger partial charge on any atom is 0.451 e. The van der Waals surface area contributed by atoms with E-state index in [2.05, 4.69) is 10.4 Å². The summed E-state index contributed by atoms with van der Waals surface area (Å²) < 4.78 is 40.2. The fraction of sp³-hybridized carbons (Fsp3) is 0.812. The Hall–Kier alpha value is -2.00. The van der Waals surface area contributed by atoms with Gasteiger partial charge in [0, 0.05) is 26.2 Å². The Morgan fingerprint density at radius 2 is 1.73 bits per heavy atom.